The highest BCUT2D eigenvalue weighted by Gasteiger charge is 2.18. The van der Waals surface area contributed by atoms with Gasteiger partial charge in [0.1, 0.15) is 0 Å². The minimum Gasteiger partial charge on any atom is -0.487 e. The van der Waals surface area contributed by atoms with Crippen molar-refractivity contribution in [2.45, 2.75) is 6.92 Å². The van der Waals surface area contributed by atoms with E-state index in [9.17, 15) is 10.1 Å². The first-order valence-corrected chi connectivity index (χ1v) is 6.35. The maximum Gasteiger partial charge on any atom is 0.318 e. The van der Waals surface area contributed by atoms with Gasteiger partial charge in [-0.2, -0.15) is 0 Å². The van der Waals surface area contributed by atoms with Crippen molar-refractivity contribution >= 4 is 17.8 Å². The van der Waals surface area contributed by atoms with Gasteiger partial charge in [0.25, 0.3) is 0 Å². The molecule has 0 spiro atoms. The van der Waals surface area contributed by atoms with Gasteiger partial charge in [-0.3, -0.25) is 10.1 Å². The van der Waals surface area contributed by atoms with Crippen LogP contribution in [-0.4, -0.2) is 11.5 Å². The molecule has 0 saturated heterocycles. The monoisotopic (exact) mass is 269 g/mol. The highest BCUT2D eigenvalue weighted by molar-refractivity contribution is 5.76. The second-order valence-electron chi connectivity index (χ2n) is 4.13. The molecule has 4 nitrogen and oxygen atoms in total. The zero-order valence-corrected chi connectivity index (χ0v) is 11.2. The standard InChI is InChI=1S/C16H15NO3/c1-2-20-15-10-6-9-14(16(15)17(18)19)12-11-13-7-4-3-5-8-13/h3-12H,2H2,1H3. The molecule has 102 valence electrons. The van der Waals surface area contributed by atoms with Crippen LogP contribution in [0.25, 0.3) is 12.2 Å². The normalized spacial score (nSPS) is 10.7. The lowest BCUT2D eigenvalue weighted by molar-refractivity contribution is -0.386. The lowest BCUT2D eigenvalue weighted by Gasteiger charge is -2.05. The van der Waals surface area contributed by atoms with Gasteiger partial charge < -0.3 is 4.74 Å². The van der Waals surface area contributed by atoms with Gasteiger partial charge in [0.2, 0.25) is 0 Å². The number of hydrogen-bond acceptors (Lipinski definition) is 3. The summed E-state index contributed by atoms with van der Waals surface area (Å²) in [6.45, 7) is 2.20. The molecule has 0 N–H and O–H groups in total. The Bertz CT molecular complexity index is 621. The quantitative estimate of drug-likeness (QED) is 0.465. The summed E-state index contributed by atoms with van der Waals surface area (Å²) in [5, 5.41) is 11.2. The average Bonchev–Trinajstić information content (AvgIpc) is 2.46. The Kier molecular flexibility index (Phi) is 4.50. The summed E-state index contributed by atoms with van der Waals surface area (Å²) in [7, 11) is 0. The lowest BCUT2D eigenvalue weighted by atomic mass is 10.1. The Labute approximate surface area is 117 Å². The molecular weight excluding hydrogens is 254 g/mol. The Morgan fingerprint density at radius 3 is 2.50 bits per heavy atom. The van der Waals surface area contributed by atoms with Gasteiger partial charge in [0, 0.05) is 0 Å². The molecule has 4 heteroatoms. The fourth-order valence-electron chi connectivity index (χ4n) is 1.89. The fourth-order valence-corrected chi connectivity index (χ4v) is 1.89. The molecule has 2 rings (SSSR count). The highest BCUT2D eigenvalue weighted by Crippen LogP contribution is 2.32. The molecule has 0 fully saturated rings. The Hall–Kier alpha value is -2.62. The summed E-state index contributed by atoms with van der Waals surface area (Å²) in [5.74, 6) is 0.299. The van der Waals surface area contributed by atoms with Crippen LogP contribution in [-0.2, 0) is 0 Å². The van der Waals surface area contributed by atoms with Crippen molar-refractivity contribution < 1.29 is 9.66 Å². The van der Waals surface area contributed by atoms with E-state index in [1.165, 1.54) is 0 Å². The average molecular weight is 269 g/mol. The molecule has 0 atom stereocenters. The molecule has 0 heterocycles. The van der Waals surface area contributed by atoms with Crippen LogP contribution in [0.5, 0.6) is 5.75 Å². The predicted octanol–water partition coefficient (Wildman–Crippen LogP) is 4.16. The van der Waals surface area contributed by atoms with Crippen molar-refractivity contribution in [3.63, 3.8) is 0 Å². The van der Waals surface area contributed by atoms with Crippen LogP contribution >= 0.6 is 0 Å². The zero-order chi connectivity index (χ0) is 14.4. The lowest BCUT2D eigenvalue weighted by Crippen LogP contribution is -1.99. The number of nitrogens with zero attached hydrogens (tertiary/aromatic N) is 1. The molecule has 2 aromatic rings. The smallest absolute Gasteiger partial charge is 0.318 e. The number of ether oxygens (including phenoxy) is 1. The molecule has 0 amide bonds. The number of nitro groups is 1. The van der Waals surface area contributed by atoms with Crippen molar-refractivity contribution in [3.8, 4) is 5.75 Å². The molecule has 0 aromatic heterocycles. The van der Waals surface area contributed by atoms with Crippen molar-refractivity contribution in [2.24, 2.45) is 0 Å². The van der Waals surface area contributed by atoms with Gasteiger partial charge in [-0.1, -0.05) is 42.5 Å². The Morgan fingerprint density at radius 1 is 1.10 bits per heavy atom. The topological polar surface area (TPSA) is 52.4 Å². The fraction of sp³-hybridized carbons (Fsp3) is 0.125. The summed E-state index contributed by atoms with van der Waals surface area (Å²) in [6, 6.07) is 14.7. The van der Waals surface area contributed by atoms with E-state index < -0.39 is 4.92 Å². The van der Waals surface area contributed by atoms with Crippen LogP contribution < -0.4 is 4.74 Å². The highest BCUT2D eigenvalue weighted by atomic mass is 16.6. The predicted molar refractivity (Wildman–Crippen MR) is 79.6 cm³/mol. The molecule has 0 bridgehead atoms. The van der Waals surface area contributed by atoms with Crippen molar-refractivity contribution in [1.29, 1.82) is 0 Å². The van der Waals surface area contributed by atoms with E-state index in [4.69, 9.17) is 4.74 Å². The maximum absolute atomic E-state index is 11.2. The maximum atomic E-state index is 11.2. The van der Waals surface area contributed by atoms with E-state index in [1.54, 1.807) is 31.2 Å². The van der Waals surface area contributed by atoms with Crippen LogP contribution in [0.15, 0.2) is 48.5 Å². The number of rotatable bonds is 5. The van der Waals surface area contributed by atoms with Crippen LogP contribution in [0.1, 0.15) is 18.1 Å². The minimum absolute atomic E-state index is 0.00142. The molecule has 0 radical (unpaired) electrons. The number of para-hydroxylation sites is 1. The third-order valence-electron chi connectivity index (χ3n) is 2.77. The third-order valence-corrected chi connectivity index (χ3v) is 2.77. The van der Waals surface area contributed by atoms with Gasteiger partial charge in [-0.15, -0.1) is 0 Å². The second-order valence-corrected chi connectivity index (χ2v) is 4.13. The van der Waals surface area contributed by atoms with E-state index in [0.29, 0.717) is 17.9 Å². The van der Waals surface area contributed by atoms with Gasteiger partial charge in [-0.25, -0.2) is 0 Å². The molecular formula is C16H15NO3. The third kappa shape index (κ3) is 3.23. The molecule has 0 aliphatic carbocycles. The van der Waals surface area contributed by atoms with E-state index in [1.807, 2.05) is 36.4 Å². The summed E-state index contributed by atoms with van der Waals surface area (Å²) < 4.78 is 5.32. The molecule has 0 aliphatic heterocycles. The SMILES string of the molecule is CCOc1cccc(C=Cc2ccccc2)c1[N+](=O)[O-]. The van der Waals surface area contributed by atoms with Crippen LogP contribution in [0.3, 0.4) is 0 Å². The summed E-state index contributed by atoms with van der Waals surface area (Å²) in [5.41, 5.74) is 1.52. The number of benzene rings is 2. The zero-order valence-electron chi connectivity index (χ0n) is 11.2. The summed E-state index contributed by atoms with van der Waals surface area (Å²) in [4.78, 5) is 10.8. The largest absolute Gasteiger partial charge is 0.487 e. The molecule has 2 aromatic carbocycles. The summed E-state index contributed by atoms with van der Waals surface area (Å²) in [6.07, 6.45) is 3.58. The van der Waals surface area contributed by atoms with Crippen LogP contribution in [0.4, 0.5) is 5.69 Å². The Morgan fingerprint density at radius 2 is 1.85 bits per heavy atom. The second kappa shape index (κ2) is 6.52. The van der Waals surface area contributed by atoms with Crippen LogP contribution in [0, 0.1) is 10.1 Å². The van der Waals surface area contributed by atoms with Gasteiger partial charge in [0.05, 0.1) is 17.1 Å². The van der Waals surface area contributed by atoms with Gasteiger partial charge in [-0.05, 0) is 30.7 Å². The number of nitro benzene ring substituents is 1. The molecule has 20 heavy (non-hydrogen) atoms. The van der Waals surface area contributed by atoms with Gasteiger partial charge in [0.15, 0.2) is 5.75 Å². The van der Waals surface area contributed by atoms with Crippen LogP contribution in [0.2, 0.25) is 0 Å². The van der Waals surface area contributed by atoms with E-state index in [0.717, 1.165) is 5.56 Å². The van der Waals surface area contributed by atoms with Gasteiger partial charge >= 0.3 is 5.69 Å². The molecule has 0 saturated carbocycles. The van der Waals surface area contributed by atoms with E-state index >= 15 is 0 Å². The number of hydrogen-bond donors (Lipinski definition) is 0. The first-order chi connectivity index (χ1) is 9.72. The first-order valence-electron chi connectivity index (χ1n) is 6.35. The van der Waals surface area contributed by atoms with Crippen molar-refractivity contribution in [2.75, 3.05) is 6.61 Å². The molecule has 0 unspecified atom stereocenters. The van der Waals surface area contributed by atoms with E-state index in [2.05, 4.69) is 0 Å². The Balaban J connectivity index is 2.38. The molecule has 0 aliphatic rings. The van der Waals surface area contributed by atoms with Crippen molar-refractivity contribution in [3.05, 3.63) is 69.8 Å². The van der Waals surface area contributed by atoms with E-state index in [-0.39, 0.29) is 5.69 Å². The minimum atomic E-state index is -0.407. The first kappa shape index (κ1) is 13.8. The summed E-state index contributed by atoms with van der Waals surface area (Å²) >= 11 is 0. The van der Waals surface area contributed by atoms with Crippen molar-refractivity contribution in [1.82, 2.24) is 0 Å².